The van der Waals surface area contributed by atoms with Crippen LogP contribution in [0, 0.1) is 0 Å². The lowest BCUT2D eigenvalue weighted by molar-refractivity contribution is -0.137. The van der Waals surface area contributed by atoms with Crippen LogP contribution in [0.5, 0.6) is 0 Å². The van der Waals surface area contributed by atoms with Gasteiger partial charge in [0.15, 0.2) is 0 Å². The molecule has 212 valence electrons. The molecule has 0 aliphatic carbocycles. The van der Waals surface area contributed by atoms with E-state index in [1.54, 1.807) is 17.0 Å². The van der Waals surface area contributed by atoms with Gasteiger partial charge in [0.2, 0.25) is 5.91 Å². The van der Waals surface area contributed by atoms with E-state index in [1.165, 1.54) is 17.0 Å². The van der Waals surface area contributed by atoms with Gasteiger partial charge in [-0.2, -0.15) is 13.2 Å². The minimum atomic E-state index is -4.48. The van der Waals surface area contributed by atoms with Crippen molar-refractivity contribution >= 4 is 34.9 Å². The van der Waals surface area contributed by atoms with Gasteiger partial charge in [0.1, 0.15) is 12.6 Å². The number of para-hydroxylation sites is 2. The van der Waals surface area contributed by atoms with E-state index in [0.717, 1.165) is 35.5 Å². The summed E-state index contributed by atoms with van der Waals surface area (Å²) in [5.41, 5.74) is 2.66. The fraction of sp³-hybridized carbons (Fsp3) is 0.226. The predicted molar refractivity (Wildman–Crippen MR) is 153 cm³/mol. The van der Waals surface area contributed by atoms with Gasteiger partial charge in [-0.1, -0.05) is 49.2 Å². The second kappa shape index (κ2) is 11.7. The molecule has 2 heterocycles. The molecule has 0 spiro atoms. The Hall–Kier alpha value is -4.24. The number of nitrogens with one attached hydrogen (secondary N) is 1. The number of hydrogen-bond donors (Lipinski definition) is 1. The highest BCUT2D eigenvalue weighted by Crippen LogP contribution is 2.42. The van der Waals surface area contributed by atoms with E-state index in [-0.39, 0.29) is 18.1 Å². The van der Waals surface area contributed by atoms with Gasteiger partial charge in [-0.05, 0) is 72.6 Å². The van der Waals surface area contributed by atoms with E-state index in [1.807, 2.05) is 66.2 Å². The van der Waals surface area contributed by atoms with Crippen LogP contribution in [-0.4, -0.2) is 34.5 Å². The largest absolute Gasteiger partial charge is 0.416 e. The van der Waals surface area contributed by atoms with E-state index in [2.05, 4.69) is 5.32 Å². The summed E-state index contributed by atoms with van der Waals surface area (Å²) < 4.78 is 41.0. The van der Waals surface area contributed by atoms with Gasteiger partial charge in [-0.25, -0.2) is 4.79 Å². The van der Waals surface area contributed by atoms with E-state index >= 15 is 0 Å². The predicted octanol–water partition coefficient (Wildman–Crippen LogP) is 7.92. The Kier molecular flexibility index (Phi) is 8.08. The summed E-state index contributed by atoms with van der Waals surface area (Å²) in [4.78, 5) is 30.6. The van der Waals surface area contributed by atoms with E-state index in [9.17, 15) is 22.8 Å². The third kappa shape index (κ3) is 5.95. The Balaban J connectivity index is 1.46. The topological polar surface area (TPSA) is 57.6 Å². The Morgan fingerprint density at radius 2 is 1.61 bits per heavy atom. The monoisotopic (exact) mass is 580 g/mol. The molecular formula is C31H28ClF3N4O2. The first kappa shape index (κ1) is 28.3. The van der Waals surface area contributed by atoms with Crippen molar-refractivity contribution in [3.8, 4) is 5.69 Å². The van der Waals surface area contributed by atoms with Gasteiger partial charge in [0, 0.05) is 23.5 Å². The van der Waals surface area contributed by atoms with Crippen molar-refractivity contribution in [3.63, 3.8) is 0 Å². The number of halogens is 4. The van der Waals surface area contributed by atoms with Crippen molar-refractivity contribution in [1.82, 2.24) is 9.47 Å². The zero-order chi connectivity index (χ0) is 29.1. The number of anilines is 2. The summed E-state index contributed by atoms with van der Waals surface area (Å²) in [6.45, 7) is 2.04. The zero-order valence-corrected chi connectivity index (χ0v) is 23.0. The minimum Gasteiger partial charge on any atom is -0.316 e. The Labute approximate surface area is 240 Å². The molecule has 1 N–H and O–H groups in total. The van der Waals surface area contributed by atoms with Crippen molar-refractivity contribution in [3.05, 3.63) is 113 Å². The molecule has 6 nitrogen and oxygen atoms in total. The summed E-state index contributed by atoms with van der Waals surface area (Å²) in [6, 6.07) is 21.9. The van der Waals surface area contributed by atoms with Gasteiger partial charge in [0.25, 0.3) is 0 Å². The third-order valence-corrected chi connectivity index (χ3v) is 7.28. The summed E-state index contributed by atoms with van der Waals surface area (Å²) in [5, 5.41) is 3.22. The summed E-state index contributed by atoms with van der Waals surface area (Å²) >= 11 is 6.17. The van der Waals surface area contributed by atoms with Crippen molar-refractivity contribution in [2.45, 2.75) is 32.0 Å². The van der Waals surface area contributed by atoms with Crippen LogP contribution in [0.3, 0.4) is 0 Å². The highest BCUT2D eigenvalue weighted by atomic mass is 35.5. The molecule has 0 saturated heterocycles. The number of rotatable bonds is 7. The third-order valence-electron chi connectivity index (χ3n) is 7.03. The molecule has 5 rings (SSSR count). The molecule has 1 aliphatic heterocycles. The van der Waals surface area contributed by atoms with Crippen LogP contribution < -0.4 is 10.2 Å². The molecule has 4 aromatic rings. The maximum absolute atomic E-state index is 14.2. The summed E-state index contributed by atoms with van der Waals surface area (Å²) in [6.07, 6.45) is -1.10. The number of amides is 3. The van der Waals surface area contributed by atoms with E-state index < -0.39 is 23.8 Å². The van der Waals surface area contributed by atoms with Crippen LogP contribution in [0.1, 0.15) is 42.6 Å². The fourth-order valence-electron chi connectivity index (χ4n) is 5.01. The van der Waals surface area contributed by atoms with Crippen LogP contribution >= 0.6 is 11.6 Å². The van der Waals surface area contributed by atoms with Crippen LogP contribution in [0.25, 0.3) is 5.69 Å². The van der Waals surface area contributed by atoms with Crippen molar-refractivity contribution in [1.29, 1.82) is 0 Å². The molecule has 0 saturated carbocycles. The number of carbonyl (C=O) groups is 2. The number of unbranched alkanes of at least 4 members (excludes halogenated alkanes) is 1. The summed E-state index contributed by atoms with van der Waals surface area (Å²) in [7, 11) is 0. The lowest BCUT2D eigenvalue weighted by atomic mass is 9.97. The van der Waals surface area contributed by atoms with Crippen molar-refractivity contribution in [2.75, 3.05) is 23.3 Å². The molecule has 3 aromatic carbocycles. The smallest absolute Gasteiger partial charge is 0.316 e. The van der Waals surface area contributed by atoms with Crippen molar-refractivity contribution < 1.29 is 22.8 Å². The second-order valence-electron chi connectivity index (χ2n) is 9.79. The van der Waals surface area contributed by atoms with Gasteiger partial charge in [-0.15, -0.1) is 0 Å². The second-order valence-corrected chi connectivity index (χ2v) is 10.2. The fourth-order valence-corrected chi connectivity index (χ4v) is 5.13. The minimum absolute atomic E-state index is 0.206. The molecule has 0 bridgehead atoms. The van der Waals surface area contributed by atoms with Crippen LogP contribution in [-0.2, 0) is 11.0 Å². The molecule has 0 unspecified atom stereocenters. The maximum Gasteiger partial charge on any atom is 0.416 e. The molecule has 3 amide bonds. The molecule has 1 aliphatic rings. The standard InChI is InChI=1S/C31H28ClF3N4O2/c1-2-3-18-37(30(41)36-24-16-12-22(13-17-24)31(33,34)35)20-28(40)39-26-8-5-4-7-25(26)38-19-6-9-27(38)29(39)21-10-14-23(32)15-11-21/h4-17,19,29H,2-3,18,20H2,1H3,(H,36,41)/t29-/m1/s1. The molecular weight excluding hydrogens is 553 g/mol. The highest BCUT2D eigenvalue weighted by molar-refractivity contribution is 6.30. The first-order valence-corrected chi connectivity index (χ1v) is 13.6. The first-order chi connectivity index (χ1) is 19.7. The number of aromatic nitrogens is 1. The van der Waals surface area contributed by atoms with Crippen LogP contribution in [0.15, 0.2) is 91.1 Å². The number of hydrogen-bond acceptors (Lipinski definition) is 2. The average molecular weight is 581 g/mol. The van der Waals surface area contributed by atoms with Gasteiger partial charge < -0.3 is 14.8 Å². The van der Waals surface area contributed by atoms with Crippen LogP contribution in [0.4, 0.5) is 29.3 Å². The number of fused-ring (bicyclic) bond motifs is 3. The Bertz CT molecular complexity index is 1530. The van der Waals surface area contributed by atoms with Crippen molar-refractivity contribution in [2.24, 2.45) is 0 Å². The highest BCUT2D eigenvalue weighted by Gasteiger charge is 2.37. The molecule has 1 atom stereocenters. The zero-order valence-electron chi connectivity index (χ0n) is 22.2. The van der Waals surface area contributed by atoms with Gasteiger partial charge >= 0.3 is 12.2 Å². The number of alkyl halides is 3. The lowest BCUT2D eigenvalue weighted by Gasteiger charge is -2.39. The molecule has 0 fully saturated rings. The van der Waals surface area contributed by atoms with Crippen LogP contribution in [0.2, 0.25) is 5.02 Å². The Morgan fingerprint density at radius 3 is 2.27 bits per heavy atom. The number of nitrogens with zero attached hydrogens (tertiary/aromatic N) is 3. The molecule has 1 aromatic heterocycles. The Morgan fingerprint density at radius 1 is 0.927 bits per heavy atom. The molecule has 41 heavy (non-hydrogen) atoms. The van der Waals surface area contributed by atoms with Gasteiger partial charge in [-0.3, -0.25) is 9.69 Å². The van der Waals surface area contributed by atoms with E-state index in [0.29, 0.717) is 23.7 Å². The number of urea groups is 1. The molecule has 0 radical (unpaired) electrons. The SMILES string of the molecule is CCCCN(CC(=O)N1c2ccccc2-n2cccc2[C@H]1c1ccc(Cl)cc1)C(=O)Nc1ccc(C(F)(F)F)cc1. The van der Waals surface area contributed by atoms with E-state index in [4.69, 9.17) is 11.6 Å². The normalized spacial score (nSPS) is 14.3. The van der Waals surface area contributed by atoms with Gasteiger partial charge in [0.05, 0.1) is 22.6 Å². The molecule has 10 heteroatoms. The lowest BCUT2D eigenvalue weighted by Crippen LogP contribution is -2.48. The maximum atomic E-state index is 14.2. The average Bonchev–Trinajstić information content (AvgIpc) is 3.45. The number of carbonyl (C=O) groups excluding carboxylic acids is 2. The summed E-state index contributed by atoms with van der Waals surface area (Å²) in [5.74, 6) is -0.302. The number of benzene rings is 3. The quantitative estimate of drug-likeness (QED) is 0.241. The first-order valence-electron chi connectivity index (χ1n) is 13.2.